The molecule has 0 aliphatic carbocycles. The van der Waals surface area contributed by atoms with E-state index in [1.165, 1.54) is 12.1 Å². The highest BCUT2D eigenvalue weighted by atomic mass is 19.1. The number of nitrogens with one attached hydrogen (secondary N) is 1. The number of carbonyl (C=O) groups excluding carboxylic acids is 1. The summed E-state index contributed by atoms with van der Waals surface area (Å²) in [4.78, 5) is 17.9. The Labute approximate surface area is 201 Å². The third kappa shape index (κ3) is 4.59. The quantitative estimate of drug-likeness (QED) is 0.244. The molecule has 6 heteroatoms. The van der Waals surface area contributed by atoms with E-state index in [2.05, 4.69) is 15.5 Å². The number of benzene rings is 4. The van der Waals surface area contributed by atoms with E-state index in [-0.39, 0.29) is 11.7 Å². The van der Waals surface area contributed by atoms with Crippen LogP contribution in [0.1, 0.15) is 22.8 Å². The minimum absolute atomic E-state index is 0.329. The maximum atomic E-state index is 13.4. The smallest absolute Gasteiger partial charge is 0.272 e. The third-order valence-electron chi connectivity index (χ3n) is 5.89. The second-order valence-corrected chi connectivity index (χ2v) is 8.15. The van der Waals surface area contributed by atoms with Crippen molar-refractivity contribution >= 4 is 33.3 Å². The largest absolute Gasteiger partial charge is 0.497 e. The van der Waals surface area contributed by atoms with Crippen molar-refractivity contribution in [2.24, 2.45) is 5.10 Å². The van der Waals surface area contributed by atoms with Crippen LogP contribution in [0.3, 0.4) is 0 Å². The molecular formula is C29H22FN3O2. The number of aromatic nitrogens is 1. The number of hydrogen-bond acceptors (Lipinski definition) is 4. The van der Waals surface area contributed by atoms with Gasteiger partial charge in [0, 0.05) is 10.9 Å². The number of amides is 1. The van der Waals surface area contributed by atoms with Gasteiger partial charge in [-0.1, -0.05) is 36.4 Å². The first-order valence-electron chi connectivity index (χ1n) is 11.1. The van der Waals surface area contributed by atoms with E-state index in [0.717, 1.165) is 27.6 Å². The molecule has 5 nitrogen and oxygen atoms in total. The standard InChI is InChI=1S/C29H22FN3O2/c1-18(20-7-8-22-16-24(35-2)14-11-21(22)15-20)32-33-29(34)26-17-28(19-9-12-23(30)13-10-19)31-27-6-4-3-5-25(26)27/h3-17H,1-2H3,(H,33,34). The Hall–Kier alpha value is -4.58. The van der Waals surface area contributed by atoms with Crippen molar-refractivity contribution in [2.75, 3.05) is 7.11 Å². The summed E-state index contributed by atoms with van der Waals surface area (Å²) in [6.07, 6.45) is 0. The number of fused-ring (bicyclic) bond motifs is 2. The Balaban J connectivity index is 1.46. The molecule has 0 fully saturated rings. The normalized spacial score (nSPS) is 11.6. The molecule has 0 atom stereocenters. The molecule has 0 radical (unpaired) electrons. The minimum atomic E-state index is -0.350. The van der Waals surface area contributed by atoms with E-state index in [4.69, 9.17) is 4.74 Å². The van der Waals surface area contributed by atoms with Gasteiger partial charge in [-0.05, 0) is 77.9 Å². The zero-order chi connectivity index (χ0) is 24.4. The summed E-state index contributed by atoms with van der Waals surface area (Å²) in [7, 11) is 1.64. The highest BCUT2D eigenvalue weighted by molar-refractivity contribution is 6.08. The molecule has 1 N–H and O–H groups in total. The Morgan fingerprint density at radius 3 is 2.46 bits per heavy atom. The van der Waals surface area contributed by atoms with Crippen molar-refractivity contribution in [3.63, 3.8) is 0 Å². The van der Waals surface area contributed by atoms with Crippen LogP contribution >= 0.6 is 0 Å². The molecule has 5 rings (SSSR count). The number of methoxy groups -OCH3 is 1. The zero-order valence-electron chi connectivity index (χ0n) is 19.2. The van der Waals surface area contributed by atoms with E-state index < -0.39 is 0 Å². The molecule has 0 saturated heterocycles. The van der Waals surface area contributed by atoms with Gasteiger partial charge >= 0.3 is 0 Å². The first kappa shape index (κ1) is 22.2. The van der Waals surface area contributed by atoms with Gasteiger partial charge in [0.1, 0.15) is 11.6 Å². The minimum Gasteiger partial charge on any atom is -0.497 e. The van der Waals surface area contributed by atoms with Crippen molar-refractivity contribution in [3.05, 3.63) is 108 Å². The van der Waals surface area contributed by atoms with Crippen molar-refractivity contribution in [1.29, 1.82) is 0 Å². The average Bonchev–Trinajstić information content (AvgIpc) is 2.90. The Morgan fingerprint density at radius 2 is 1.66 bits per heavy atom. The third-order valence-corrected chi connectivity index (χ3v) is 5.89. The molecule has 5 aromatic rings. The summed E-state index contributed by atoms with van der Waals surface area (Å²) in [5, 5.41) is 7.17. The van der Waals surface area contributed by atoms with Gasteiger partial charge in [-0.25, -0.2) is 14.8 Å². The lowest BCUT2D eigenvalue weighted by atomic mass is 10.0. The summed E-state index contributed by atoms with van der Waals surface area (Å²) >= 11 is 0. The Bertz CT molecular complexity index is 1590. The number of para-hydroxylation sites is 1. The van der Waals surface area contributed by atoms with Crippen molar-refractivity contribution < 1.29 is 13.9 Å². The van der Waals surface area contributed by atoms with Gasteiger partial charge in [0.15, 0.2) is 0 Å². The zero-order valence-corrected chi connectivity index (χ0v) is 19.2. The van der Waals surface area contributed by atoms with E-state index in [1.807, 2.05) is 67.6 Å². The fourth-order valence-corrected chi connectivity index (χ4v) is 3.97. The molecule has 172 valence electrons. The van der Waals surface area contributed by atoms with Gasteiger partial charge in [0.2, 0.25) is 0 Å². The maximum absolute atomic E-state index is 13.4. The first-order chi connectivity index (χ1) is 17.0. The Kier molecular flexibility index (Phi) is 5.94. The van der Waals surface area contributed by atoms with Crippen molar-refractivity contribution in [1.82, 2.24) is 10.4 Å². The molecule has 4 aromatic carbocycles. The molecule has 0 saturated carbocycles. The Morgan fingerprint density at radius 1 is 0.914 bits per heavy atom. The van der Waals surface area contributed by atoms with E-state index in [1.54, 1.807) is 25.3 Å². The van der Waals surface area contributed by atoms with Crippen LogP contribution in [0.4, 0.5) is 4.39 Å². The summed E-state index contributed by atoms with van der Waals surface area (Å²) in [5.74, 6) is 0.120. The lowest BCUT2D eigenvalue weighted by Crippen LogP contribution is -2.20. The maximum Gasteiger partial charge on any atom is 0.272 e. The van der Waals surface area contributed by atoms with Gasteiger partial charge in [-0.15, -0.1) is 0 Å². The van der Waals surface area contributed by atoms with Gasteiger partial charge in [0.05, 0.1) is 29.6 Å². The molecule has 0 unspecified atom stereocenters. The number of hydrazone groups is 1. The van der Waals surface area contributed by atoms with Crippen molar-refractivity contribution in [3.8, 4) is 17.0 Å². The number of pyridine rings is 1. The number of rotatable bonds is 5. The fourth-order valence-electron chi connectivity index (χ4n) is 3.97. The van der Waals surface area contributed by atoms with Crippen LogP contribution in [0, 0.1) is 5.82 Å². The summed E-state index contributed by atoms with van der Waals surface area (Å²) < 4.78 is 18.7. The second-order valence-electron chi connectivity index (χ2n) is 8.15. The molecule has 0 spiro atoms. The van der Waals surface area contributed by atoms with Crippen LogP contribution in [0.5, 0.6) is 5.75 Å². The molecule has 1 heterocycles. The highest BCUT2D eigenvalue weighted by Gasteiger charge is 2.14. The number of hydrogen-bond donors (Lipinski definition) is 1. The molecule has 35 heavy (non-hydrogen) atoms. The number of nitrogens with zero attached hydrogens (tertiary/aromatic N) is 2. The molecular weight excluding hydrogens is 441 g/mol. The van der Waals surface area contributed by atoms with E-state index in [0.29, 0.717) is 27.9 Å². The lowest BCUT2D eigenvalue weighted by Gasteiger charge is -2.10. The highest BCUT2D eigenvalue weighted by Crippen LogP contribution is 2.25. The SMILES string of the molecule is COc1ccc2cc(C(C)=NNC(=O)c3cc(-c4ccc(F)cc4)nc4ccccc34)ccc2c1. The average molecular weight is 464 g/mol. The van der Waals surface area contributed by atoms with Gasteiger partial charge in [0.25, 0.3) is 5.91 Å². The first-order valence-corrected chi connectivity index (χ1v) is 11.1. The molecule has 0 bridgehead atoms. The van der Waals surface area contributed by atoms with Crippen molar-refractivity contribution in [2.45, 2.75) is 6.92 Å². The number of carbonyl (C=O) groups is 1. The molecule has 0 aliphatic rings. The van der Waals surface area contributed by atoms with Crippen LogP contribution in [-0.4, -0.2) is 23.7 Å². The van der Waals surface area contributed by atoms with Crippen LogP contribution in [-0.2, 0) is 0 Å². The second kappa shape index (κ2) is 9.35. The van der Waals surface area contributed by atoms with Crippen LogP contribution in [0.2, 0.25) is 0 Å². The summed E-state index contributed by atoms with van der Waals surface area (Å²) in [5.41, 5.74) is 6.67. The topological polar surface area (TPSA) is 63.6 Å². The predicted molar refractivity (Wildman–Crippen MR) is 137 cm³/mol. The van der Waals surface area contributed by atoms with E-state index in [9.17, 15) is 9.18 Å². The van der Waals surface area contributed by atoms with Crippen LogP contribution < -0.4 is 10.2 Å². The van der Waals surface area contributed by atoms with E-state index >= 15 is 0 Å². The summed E-state index contributed by atoms with van der Waals surface area (Å²) in [6, 6.07) is 27.0. The molecule has 0 aliphatic heterocycles. The van der Waals surface area contributed by atoms with Gasteiger partial charge in [-0.2, -0.15) is 5.10 Å². The number of halogens is 1. The van der Waals surface area contributed by atoms with Gasteiger partial charge < -0.3 is 4.74 Å². The predicted octanol–water partition coefficient (Wildman–Crippen LogP) is 6.36. The molecule has 1 aromatic heterocycles. The lowest BCUT2D eigenvalue weighted by molar-refractivity contribution is 0.0956. The monoisotopic (exact) mass is 463 g/mol. The fraction of sp³-hybridized carbons (Fsp3) is 0.0690. The summed E-state index contributed by atoms with van der Waals surface area (Å²) in [6.45, 7) is 1.85. The van der Waals surface area contributed by atoms with Gasteiger partial charge in [-0.3, -0.25) is 4.79 Å². The van der Waals surface area contributed by atoms with Crippen LogP contribution in [0.25, 0.3) is 32.9 Å². The number of ether oxygens (including phenoxy) is 1. The van der Waals surface area contributed by atoms with Crippen LogP contribution in [0.15, 0.2) is 96.1 Å². The molecule has 1 amide bonds.